The first-order valence-electron chi connectivity index (χ1n) is 10.3. The molecule has 31 heavy (non-hydrogen) atoms. The van der Waals surface area contributed by atoms with E-state index >= 15 is 0 Å². The third-order valence-corrected chi connectivity index (χ3v) is 5.87. The summed E-state index contributed by atoms with van der Waals surface area (Å²) in [7, 11) is 0. The van der Waals surface area contributed by atoms with Crippen LogP contribution in [0.3, 0.4) is 0 Å². The van der Waals surface area contributed by atoms with Gasteiger partial charge in [-0.05, 0) is 45.2 Å². The van der Waals surface area contributed by atoms with Gasteiger partial charge in [-0.1, -0.05) is 109 Å². The molecule has 0 atom stereocenters. The van der Waals surface area contributed by atoms with Gasteiger partial charge in [0.2, 0.25) is 0 Å². The first kappa shape index (κ1) is 19.1. The lowest BCUT2D eigenvalue weighted by Crippen LogP contribution is -2.29. The Morgan fingerprint density at radius 1 is 0.484 bits per heavy atom. The summed E-state index contributed by atoms with van der Waals surface area (Å²) in [6.07, 6.45) is 0. The van der Waals surface area contributed by atoms with Gasteiger partial charge in [-0.3, -0.25) is 0 Å². The highest BCUT2D eigenvalue weighted by molar-refractivity contribution is 5.99. The second-order valence-electron chi connectivity index (χ2n) is 7.70. The van der Waals surface area contributed by atoms with Crippen molar-refractivity contribution in [2.24, 2.45) is 0 Å². The van der Waals surface area contributed by atoms with Gasteiger partial charge in [-0.15, -0.1) is 0 Å². The predicted molar refractivity (Wildman–Crippen MR) is 126 cm³/mol. The van der Waals surface area contributed by atoms with E-state index in [1.54, 1.807) is 12.1 Å². The maximum Gasteiger partial charge on any atom is 0.141 e. The molecule has 2 N–H and O–H groups in total. The van der Waals surface area contributed by atoms with Crippen molar-refractivity contribution in [3.05, 3.63) is 138 Å². The van der Waals surface area contributed by atoms with E-state index in [9.17, 15) is 10.2 Å². The zero-order valence-electron chi connectivity index (χ0n) is 16.9. The highest BCUT2D eigenvalue weighted by atomic mass is 16.3. The number of hydrogen-bond donors (Lipinski definition) is 2. The van der Waals surface area contributed by atoms with Gasteiger partial charge >= 0.3 is 0 Å². The van der Waals surface area contributed by atoms with Crippen molar-refractivity contribution in [1.29, 1.82) is 0 Å². The van der Waals surface area contributed by atoms with Gasteiger partial charge in [0, 0.05) is 5.56 Å². The largest absolute Gasteiger partial charge is 0.508 e. The number of hydrogen-bond acceptors (Lipinski definition) is 2. The lowest BCUT2D eigenvalue weighted by Gasteiger charge is -2.31. The summed E-state index contributed by atoms with van der Waals surface area (Å²) in [5.41, 5.74) is 3.26. The molecule has 5 aromatic rings. The van der Waals surface area contributed by atoms with Crippen molar-refractivity contribution in [2.75, 3.05) is 0 Å². The van der Waals surface area contributed by atoms with E-state index in [2.05, 4.69) is 18.2 Å². The average molecular weight is 402 g/mol. The minimum absolute atomic E-state index is 0.243. The molecule has 0 spiro atoms. The van der Waals surface area contributed by atoms with Gasteiger partial charge in [0.1, 0.15) is 11.4 Å². The number of benzene rings is 5. The topological polar surface area (TPSA) is 40.5 Å². The molecular weight excluding hydrogens is 380 g/mol. The molecule has 0 aliphatic carbocycles. The highest BCUT2D eigenvalue weighted by Crippen LogP contribution is 2.41. The molecule has 0 unspecified atom stereocenters. The Morgan fingerprint density at radius 2 is 1.03 bits per heavy atom. The molecule has 5 rings (SSSR count). The summed E-state index contributed by atoms with van der Waals surface area (Å²) < 4.78 is 0. The first-order chi connectivity index (χ1) is 15.2. The van der Waals surface area contributed by atoms with E-state index in [1.165, 1.54) is 0 Å². The normalized spacial score (nSPS) is 11.5. The fraction of sp³-hybridized carbons (Fsp3) is 0.0345. The molecule has 0 aliphatic rings. The molecule has 5 aromatic carbocycles. The van der Waals surface area contributed by atoms with Crippen LogP contribution in [0.4, 0.5) is 0 Å². The Kier molecular flexibility index (Phi) is 4.78. The monoisotopic (exact) mass is 402 g/mol. The molecule has 2 heteroatoms. The summed E-state index contributed by atoms with van der Waals surface area (Å²) >= 11 is 0. The highest BCUT2D eigenvalue weighted by Gasteiger charge is 2.35. The van der Waals surface area contributed by atoms with Crippen molar-refractivity contribution in [3.8, 4) is 16.9 Å². The molecule has 150 valence electrons. The number of rotatable bonds is 4. The van der Waals surface area contributed by atoms with Crippen molar-refractivity contribution in [1.82, 2.24) is 0 Å². The Balaban J connectivity index is 1.80. The molecule has 0 saturated heterocycles. The Morgan fingerprint density at radius 3 is 1.65 bits per heavy atom. The third-order valence-electron chi connectivity index (χ3n) is 5.87. The molecule has 0 aromatic heterocycles. The average Bonchev–Trinajstić information content (AvgIpc) is 2.84. The van der Waals surface area contributed by atoms with Crippen molar-refractivity contribution >= 4 is 10.8 Å². The van der Waals surface area contributed by atoms with Crippen LogP contribution in [0.15, 0.2) is 121 Å². The summed E-state index contributed by atoms with van der Waals surface area (Å²) in [5.74, 6) is 0.243. The zero-order chi connectivity index (χ0) is 21.3. The van der Waals surface area contributed by atoms with Crippen LogP contribution in [0.2, 0.25) is 0 Å². The summed E-state index contributed by atoms with van der Waals surface area (Å²) in [4.78, 5) is 0. The Hall–Kier alpha value is -3.88. The molecule has 0 heterocycles. The van der Waals surface area contributed by atoms with Crippen molar-refractivity contribution in [3.63, 3.8) is 0 Å². The molecular formula is C29H22O2. The lowest BCUT2D eigenvalue weighted by molar-refractivity contribution is 0.127. The molecule has 0 bridgehead atoms. The van der Waals surface area contributed by atoms with Gasteiger partial charge in [0.05, 0.1) is 0 Å². The SMILES string of the molecule is Oc1ccc(-c2cccc3c(C(O)(c4ccccc4)c4ccccc4)cccc23)cc1. The van der Waals surface area contributed by atoms with Crippen molar-refractivity contribution < 1.29 is 10.2 Å². The van der Waals surface area contributed by atoms with Crippen molar-refractivity contribution in [2.45, 2.75) is 5.60 Å². The van der Waals surface area contributed by atoms with Gasteiger partial charge < -0.3 is 10.2 Å². The minimum Gasteiger partial charge on any atom is -0.508 e. The smallest absolute Gasteiger partial charge is 0.141 e. The maximum absolute atomic E-state index is 12.3. The molecule has 0 amide bonds. The van der Waals surface area contributed by atoms with Crippen LogP contribution in [0.25, 0.3) is 21.9 Å². The molecule has 0 radical (unpaired) electrons. The number of phenolic OH excluding ortho intramolecular Hbond substituents is 1. The van der Waals surface area contributed by atoms with Crippen LogP contribution in [-0.4, -0.2) is 10.2 Å². The number of aromatic hydroxyl groups is 1. The van der Waals surface area contributed by atoms with Crippen LogP contribution in [0.5, 0.6) is 5.75 Å². The van der Waals surface area contributed by atoms with E-state index in [1.807, 2.05) is 91.0 Å². The molecule has 0 aliphatic heterocycles. The third kappa shape index (κ3) is 3.27. The zero-order valence-corrected chi connectivity index (χ0v) is 16.9. The fourth-order valence-corrected chi connectivity index (χ4v) is 4.35. The fourth-order valence-electron chi connectivity index (χ4n) is 4.35. The van der Waals surface area contributed by atoms with E-state index in [4.69, 9.17) is 0 Å². The first-order valence-corrected chi connectivity index (χ1v) is 10.3. The van der Waals surface area contributed by atoms with Crippen LogP contribution in [0.1, 0.15) is 16.7 Å². The summed E-state index contributed by atoms with van der Waals surface area (Å²) in [6.45, 7) is 0. The van der Waals surface area contributed by atoms with E-state index in [0.29, 0.717) is 0 Å². The maximum atomic E-state index is 12.3. The van der Waals surface area contributed by atoms with Gasteiger partial charge in [0.25, 0.3) is 0 Å². The predicted octanol–water partition coefficient (Wildman–Crippen LogP) is 6.50. The number of aliphatic hydroxyl groups is 1. The van der Waals surface area contributed by atoms with Crippen LogP contribution in [-0.2, 0) is 5.60 Å². The molecule has 0 fully saturated rings. The van der Waals surface area contributed by atoms with Gasteiger partial charge in [-0.2, -0.15) is 0 Å². The quantitative estimate of drug-likeness (QED) is 0.337. The van der Waals surface area contributed by atoms with E-state index in [0.717, 1.165) is 38.6 Å². The molecule has 0 saturated carbocycles. The Bertz CT molecular complexity index is 1280. The van der Waals surface area contributed by atoms with Gasteiger partial charge in [0.15, 0.2) is 0 Å². The van der Waals surface area contributed by atoms with E-state index in [-0.39, 0.29) is 5.75 Å². The second kappa shape index (κ2) is 7.75. The van der Waals surface area contributed by atoms with Gasteiger partial charge in [-0.25, -0.2) is 0 Å². The number of phenols is 1. The summed E-state index contributed by atoms with van der Waals surface area (Å²) in [6, 6.07) is 39.1. The van der Waals surface area contributed by atoms with Crippen LogP contribution in [0, 0.1) is 0 Å². The number of fused-ring (bicyclic) bond motifs is 1. The van der Waals surface area contributed by atoms with Crippen LogP contribution < -0.4 is 0 Å². The minimum atomic E-state index is -1.30. The summed E-state index contributed by atoms with van der Waals surface area (Å²) in [5, 5.41) is 24.0. The second-order valence-corrected chi connectivity index (χ2v) is 7.70. The lowest BCUT2D eigenvalue weighted by atomic mass is 9.78. The standard InChI is InChI=1S/C29H22O2/c30-24-19-17-21(18-20-24)25-13-7-15-27-26(25)14-8-16-28(27)29(31,22-9-3-1-4-10-22)23-11-5-2-6-12-23/h1-20,30-31H. The molecule has 2 nitrogen and oxygen atoms in total. The Labute approximate surface area is 181 Å². The van der Waals surface area contributed by atoms with E-state index < -0.39 is 5.60 Å². The van der Waals surface area contributed by atoms with Crippen LogP contribution >= 0.6 is 0 Å².